The third kappa shape index (κ3) is 3.16. The second-order valence-electron chi connectivity index (χ2n) is 4.01. The van der Waals surface area contributed by atoms with Crippen LogP contribution in [0.25, 0.3) is 0 Å². The molecule has 0 nitrogen and oxygen atoms in total. The van der Waals surface area contributed by atoms with Crippen molar-refractivity contribution in [2.75, 3.05) is 0 Å². The van der Waals surface area contributed by atoms with Crippen molar-refractivity contribution in [3.05, 3.63) is 28.0 Å². The van der Waals surface area contributed by atoms with Gasteiger partial charge < -0.3 is 0 Å². The molecule has 85 valence electrons. The zero-order chi connectivity index (χ0) is 11.1. The molecule has 0 bridgehead atoms. The van der Waals surface area contributed by atoms with E-state index in [1.54, 1.807) is 19.6 Å². The number of hydrogen-bond donors (Lipinski definition) is 0. The number of rotatable bonds is 1. The number of halogens is 4. The minimum atomic E-state index is -2.23. The van der Waals surface area contributed by atoms with Crippen LogP contribution in [0, 0.1) is 23.5 Å². The van der Waals surface area contributed by atoms with Crippen LogP contribution >= 0.6 is 15.9 Å². The Kier molecular flexibility index (Phi) is 5.26. The van der Waals surface area contributed by atoms with Gasteiger partial charge in [-0.2, -0.15) is 0 Å². The van der Waals surface area contributed by atoms with Gasteiger partial charge in [0, 0.05) is 37.9 Å². The minimum Gasteiger partial charge on any atom is -0.283 e. The first-order valence-electron chi connectivity index (χ1n) is 4.01. The molecular weight excluding hydrogens is 459 g/mol. The molecule has 0 aromatic heterocycles. The summed E-state index contributed by atoms with van der Waals surface area (Å²) in [5.74, 6) is -2.97. The van der Waals surface area contributed by atoms with E-state index in [1.165, 1.54) is 0 Å². The molecule has 1 radical (unpaired) electrons. The van der Waals surface area contributed by atoms with Gasteiger partial charge in [-0.25, -0.2) is 4.39 Å². The molecule has 0 fully saturated rings. The Morgan fingerprint density at radius 1 is 1.07 bits per heavy atom. The Labute approximate surface area is 110 Å². The van der Waals surface area contributed by atoms with Gasteiger partial charge in [-0.05, 0) is 0 Å². The summed E-state index contributed by atoms with van der Waals surface area (Å²) in [7, 11) is -2.23. The first kappa shape index (κ1) is 15.4. The molecule has 15 heavy (non-hydrogen) atoms. The summed E-state index contributed by atoms with van der Waals surface area (Å²) in [6.45, 7) is 5.25. The summed E-state index contributed by atoms with van der Waals surface area (Å²) >= 11 is 2.81. The van der Waals surface area contributed by atoms with E-state index in [9.17, 15) is 13.2 Å². The normalized spacial score (nSPS) is 11.1. The smallest absolute Gasteiger partial charge is 0.0572 e. The number of hydrogen-bond acceptors (Lipinski definition) is 0. The molecule has 0 aliphatic heterocycles. The summed E-state index contributed by atoms with van der Waals surface area (Å²) in [6.07, 6.45) is 0. The Bertz CT molecular complexity index is 350. The van der Waals surface area contributed by atoms with Crippen molar-refractivity contribution in [3.8, 4) is 0 Å². The van der Waals surface area contributed by atoms with E-state index in [0.717, 1.165) is 0 Å². The summed E-state index contributed by atoms with van der Waals surface area (Å²) in [6, 6.07) is 1.94. The van der Waals surface area contributed by atoms with Crippen molar-refractivity contribution in [1.29, 1.82) is 0 Å². The Balaban J connectivity index is 0.00000196. The minimum absolute atomic E-state index is 0. The van der Waals surface area contributed by atoms with E-state index < -0.39 is 25.5 Å². The SMILES string of the molecule is C[Si](C)(C)c1c(F)c(F)[c-]c(Br)c1F.[Re]. The fourth-order valence-corrected chi connectivity index (χ4v) is 3.29. The zero-order valence-electron chi connectivity index (χ0n) is 8.39. The molecule has 6 heteroatoms. The van der Waals surface area contributed by atoms with Crippen LogP contribution in [-0.4, -0.2) is 8.07 Å². The van der Waals surface area contributed by atoms with E-state index in [0.29, 0.717) is 0 Å². The van der Waals surface area contributed by atoms with Crippen molar-refractivity contribution in [2.24, 2.45) is 0 Å². The van der Waals surface area contributed by atoms with Crippen LogP contribution in [0.1, 0.15) is 0 Å². The summed E-state index contributed by atoms with van der Waals surface area (Å²) in [5.41, 5.74) is 0. The summed E-state index contributed by atoms with van der Waals surface area (Å²) in [4.78, 5) is 0. The molecule has 0 amide bonds. The molecule has 0 saturated carbocycles. The summed E-state index contributed by atoms with van der Waals surface area (Å²) < 4.78 is 39.6. The third-order valence-electron chi connectivity index (χ3n) is 1.79. The average molecular weight is 468 g/mol. The predicted molar refractivity (Wildman–Crippen MR) is 55.8 cm³/mol. The molecule has 0 heterocycles. The molecule has 0 N–H and O–H groups in total. The van der Waals surface area contributed by atoms with Crippen LogP contribution in [0.3, 0.4) is 0 Å². The van der Waals surface area contributed by atoms with Crippen molar-refractivity contribution < 1.29 is 33.6 Å². The molecule has 0 atom stereocenters. The van der Waals surface area contributed by atoms with E-state index in [1.807, 2.05) is 6.07 Å². The van der Waals surface area contributed by atoms with Gasteiger partial charge in [-0.3, -0.25) is 8.78 Å². The number of benzene rings is 1. The molecule has 1 rings (SSSR count). The second kappa shape index (κ2) is 5.13. The van der Waals surface area contributed by atoms with Gasteiger partial charge in [-0.15, -0.1) is 6.07 Å². The maximum absolute atomic E-state index is 13.5. The van der Waals surface area contributed by atoms with Crippen LogP contribution in [0.15, 0.2) is 4.47 Å². The molecule has 0 aliphatic carbocycles. The first-order chi connectivity index (χ1) is 6.25. The molecule has 0 saturated heterocycles. The van der Waals surface area contributed by atoms with Crippen molar-refractivity contribution in [1.82, 2.24) is 0 Å². The van der Waals surface area contributed by atoms with Crippen LogP contribution in [0.2, 0.25) is 19.6 Å². The molecular formula is C9H9BrF3ReSi-. The first-order valence-corrected chi connectivity index (χ1v) is 8.30. The van der Waals surface area contributed by atoms with Crippen LogP contribution in [-0.2, 0) is 20.4 Å². The van der Waals surface area contributed by atoms with E-state index in [4.69, 9.17) is 0 Å². The van der Waals surface area contributed by atoms with Crippen molar-refractivity contribution in [2.45, 2.75) is 19.6 Å². The quantitative estimate of drug-likeness (QED) is 0.338. The molecule has 0 spiro atoms. The van der Waals surface area contributed by atoms with Crippen LogP contribution in [0.4, 0.5) is 13.2 Å². The van der Waals surface area contributed by atoms with E-state index >= 15 is 0 Å². The van der Waals surface area contributed by atoms with Gasteiger partial charge >= 0.3 is 0 Å². The molecule has 1 aromatic carbocycles. The second-order valence-corrected chi connectivity index (χ2v) is 9.80. The van der Waals surface area contributed by atoms with Crippen LogP contribution in [0.5, 0.6) is 0 Å². The van der Waals surface area contributed by atoms with Gasteiger partial charge in [0.1, 0.15) is 0 Å². The molecule has 1 aromatic rings. The van der Waals surface area contributed by atoms with Gasteiger partial charge in [-0.1, -0.05) is 45.2 Å². The van der Waals surface area contributed by atoms with Gasteiger partial charge in [0.15, 0.2) is 0 Å². The summed E-state index contributed by atoms with van der Waals surface area (Å²) in [5, 5.41) is -0.124. The molecule has 0 aliphatic rings. The third-order valence-corrected chi connectivity index (χ3v) is 4.28. The van der Waals surface area contributed by atoms with Crippen LogP contribution < -0.4 is 5.19 Å². The van der Waals surface area contributed by atoms with E-state index in [2.05, 4.69) is 15.9 Å². The largest absolute Gasteiger partial charge is 0.283 e. The fraction of sp³-hybridized carbons (Fsp3) is 0.333. The van der Waals surface area contributed by atoms with Gasteiger partial charge in [0.25, 0.3) is 0 Å². The Morgan fingerprint density at radius 3 is 1.93 bits per heavy atom. The predicted octanol–water partition coefficient (Wildman–Crippen LogP) is 3.21. The molecule has 0 unspecified atom stereocenters. The standard InChI is InChI=1S/C9H9BrF3Si.Re/c1-14(2,3)9-7(12)5(10)4-6(11)8(9)13;/h1-3H3;/q-1;. The zero-order valence-corrected chi connectivity index (χ0v) is 13.7. The van der Waals surface area contributed by atoms with E-state index in [-0.39, 0.29) is 30.1 Å². The average Bonchev–Trinajstić information content (AvgIpc) is 1.98. The Hall–Kier alpha value is 0.369. The van der Waals surface area contributed by atoms with Gasteiger partial charge in [0.05, 0.1) is 8.07 Å². The Morgan fingerprint density at radius 2 is 1.53 bits per heavy atom. The van der Waals surface area contributed by atoms with Crippen molar-refractivity contribution >= 4 is 29.2 Å². The maximum atomic E-state index is 13.5. The monoisotopic (exact) mass is 468 g/mol. The van der Waals surface area contributed by atoms with Gasteiger partial charge in [0.2, 0.25) is 0 Å². The topological polar surface area (TPSA) is 0 Å². The van der Waals surface area contributed by atoms with Crippen molar-refractivity contribution in [3.63, 3.8) is 0 Å². The fourth-order valence-electron chi connectivity index (χ4n) is 1.18. The maximum Gasteiger partial charge on any atom is 0.0572 e.